The Hall–Kier alpha value is -1.83. The van der Waals surface area contributed by atoms with Gasteiger partial charge >= 0.3 is 0 Å². The van der Waals surface area contributed by atoms with Crippen molar-refractivity contribution in [1.82, 2.24) is 19.4 Å². The molecule has 0 bridgehead atoms. The topological polar surface area (TPSA) is 58.6 Å². The number of aromatic nitrogens is 2. The SMILES string of the molecule is CC(C)CN1C[C@]2(COCCN(Cc3ccc(-c4csnn4)cc3)C2)CC1=O. The summed E-state index contributed by atoms with van der Waals surface area (Å²) in [5.41, 5.74) is 3.22. The summed E-state index contributed by atoms with van der Waals surface area (Å²) in [6.45, 7) is 10.1. The summed E-state index contributed by atoms with van der Waals surface area (Å²) >= 11 is 1.37. The fourth-order valence-corrected chi connectivity index (χ4v) is 4.80. The van der Waals surface area contributed by atoms with Gasteiger partial charge in [0.15, 0.2) is 0 Å². The molecule has 2 aliphatic heterocycles. The maximum Gasteiger partial charge on any atom is 0.223 e. The van der Waals surface area contributed by atoms with Gasteiger partial charge in [-0.1, -0.05) is 42.6 Å². The van der Waals surface area contributed by atoms with E-state index >= 15 is 0 Å². The van der Waals surface area contributed by atoms with Crippen molar-refractivity contribution < 1.29 is 9.53 Å². The van der Waals surface area contributed by atoms with Crippen molar-refractivity contribution in [3.63, 3.8) is 0 Å². The Morgan fingerprint density at radius 1 is 1.25 bits per heavy atom. The summed E-state index contributed by atoms with van der Waals surface area (Å²) in [7, 11) is 0. The number of hydrogen-bond acceptors (Lipinski definition) is 6. The van der Waals surface area contributed by atoms with E-state index in [1.807, 2.05) is 10.3 Å². The molecule has 1 atom stereocenters. The summed E-state index contributed by atoms with van der Waals surface area (Å²) < 4.78 is 9.87. The summed E-state index contributed by atoms with van der Waals surface area (Å²) in [5.74, 6) is 0.772. The second kappa shape index (κ2) is 8.27. The van der Waals surface area contributed by atoms with Gasteiger partial charge in [0.05, 0.1) is 13.2 Å². The van der Waals surface area contributed by atoms with E-state index in [9.17, 15) is 4.79 Å². The molecule has 4 rings (SSSR count). The molecule has 2 aliphatic rings. The minimum absolute atomic E-state index is 0.0747. The molecule has 6 nitrogen and oxygen atoms in total. The summed E-state index contributed by atoms with van der Waals surface area (Å²) in [5, 5.41) is 6.10. The van der Waals surface area contributed by atoms with E-state index in [4.69, 9.17) is 4.74 Å². The van der Waals surface area contributed by atoms with E-state index in [0.717, 1.165) is 50.6 Å². The Kier molecular flexibility index (Phi) is 5.75. The molecule has 0 aliphatic carbocycles. The van der Waals surface area contributed by atoms with Crippen LogP contribution in [0.25, 0.3) is 11.3 Å². The van der Waals surface area contributed by atoms with Crippen LogP contribution in [-0.4, -0.2) is 64.7 Å². The second-order valence-electron chi connectivity index (χ2n) is 8.60. The molecular formula is C21H28N4O2S. The fraction of sp³-hybridized carbons (Fsp3) is 0.571. The van der Waals surface area contributed by atoms with Crippen molar-refractivity contribution in [3.05, 3.63) is 35.2 Å². The van der Waals surface area contributed by atoms with E-state index in [0.29, 0.717) is 18.9 Å². The lowest BCUT2D eigenvalue weighted by atomic mass is 9.87. The summed E-state index contributed by atoms with van der Waals surface area (Å²) in [6, 6.07) is 8.55. The van der Waals surface area contributed by atoms with Crippen molar-refractivity contribution in [2.75, 3.05) is 39.4 Å². The van der Waals surface area contributed by atoms with Gasteiger partial charge in [0, 0.05) is 55.5 Å². The number of hydrogen-bond donors (Lipinski definition) is 0. The van der Waals surface area contributed by atoms with Gasteiger partial charge in [-0.3, -0.25) is 9.69 Å². The van der Waals surface area contributed by atoms with Crippen LogP contribution in [0.2, 0.25) is 0 Å². The molecule has 1 spiro atoms. The Balaban J connectivity index is 1.43. The van der Waals surface area contributed by atoms with Crippen molar-refractivity contribution in [1.29, 1.82) is 0 Å². The number of carbonyl (C=O) groups excluding carboxylic acids is 1. The Labute approximate surface area is 170 Å². The van der Waals surface area contributed by atoms with Crippen molar-refractivity contribution in [2.24, 2.45) is 11.3 Å². The molecule has 0 N–H and O–H groups in total. The highest BCUT2D eigenvalue weighted by Gasteiger charge is 2.45. The molecule has 3 heterocycles. The van der Waals surface area contributed by atoms with Crippen LogP contribution in [0.5, 0.6) is 0 Å². The predicted molar refractivity (Wildman–Crippen MR) is 110 cm³/mol. The van der Waals surface area contributed by atoms with E-state index < -0.39 is 0 Å². The number of amides is 1. The summed E-state index contributed by atoms with van der Waals surface area (Å²) in [6.07, 6.45) is 0.603. The molecule has 1 amide bonds. The molecule has 2 fully saturated rings. The van der Waals surface area contributed by atoms with Crippen LogP contribution in [0.3, 0.4) is 0 Å². The van der Waals surface area contributed by atoms with Gasteiger partial charge in [0.2, 0.25) is 5.91 Å². The maximum absolute atomic E-state index is 12.6. The first-order valence-electron chi connectivity index (χ1n) is 9.97. The van der Waals surface area contributed by atoms with Gasteiger partial charge in [-0.2, -0.15) is 0 Å². The number of carbonyl (C=O) groups is 1. The van der Waals surface area contributed by atoms with Crippen molar-refractivity contribution >= 4 is 17.4 Å². The molecule has 0 radical (unpaired) electrons. The van der Waals surface area contributed by atoms with Gasteiger partial charge in [-0.15, -0.1) is 5.10 Å². The van der Waals surface area contributed by atoms with Crippen LogP contribution in [0.4, 0.5) is 0 Å². The number of ether oxygens (including phenoxy) is 1. The standard InChI is InChI=1S/C21H28N4O2S/c1-16(2)10-25-14-21(9-20(25)26)13-24(7-8-27-15-21)11-17-3-5-18(6-4-17)19-12-28-23-22-19/h3-6,12,16H,7-11,13-15H2,1-2H3/t21-/m0/s1. The van der Waals surface area contributed by atoms with Crippen molar-refractivity contribution in [3.8, 4) is 11.3 Å². The van der Waals surface area contributed by atoms with E-state index in [2.05, 4.69) is 52.6 Å². The largest absolute Gasteiger partial charge is 0.379 e. The van der Waals surface area contributed by atoms with Gasteiger partial charge in [-0.05, 0) is 23.0 Å². The number of rotatable bonds is 5. The van der Waals surface area contributed by atoms with Crippen molar-refractivity contribution in [2.45, 2.75) is 26.8 Å². The van der Waals surface area contributed by atoms with Gasteiger partial charge in [0.25, 0.3) is 0 Å². The molecule has 150 valence electrons. The van der Waals surface area contributed by atoms with Crippen LogP contribution < -0.4 is 0 Å². The minimum atomic E-state index is -0.0747. The molecule has 0 saturated carbocycles. The number of nitrogens with zero attached hydrogens (tertiary/aromatic N) is 4. The molecule has 2 aromatic rings. The van der Waals surface area contributed by atoms with E-state index in [-0.39, 0.29) is 11.3 Å². The zero-order chi connectivity index (χ0) is 19.6. The molecule has 2 saturated heterocycles. The second-order valence-corrected chi connectivity index (χ2v) is 9.21. The zero-order valence-corrected chi connectivity index (χ0v) is 17.5. The highest BCUT2D eigenvalue weighted by atomic mass is 32.1. The van der Waals surface area contributed by atoms with Crippen LogP contribution >= 0.6 is 11.5 Å². The smallest absolute Gasteiger partial charge is 0.223 e. The van der Waals surface area contributed by atoms with Crippen LogP contribution in [0.1, 0.15) is 25.8 Å². The lowest BCUT2D eigenvalue weighted by molar-refractivity contribution is -0.128. The first-order chi connectivity index (χ1) is 13.5. The summed E-state index contributed by atoms with van der Waals surface area (Å²) in [4.78, 5) is 17.0. The lowest BCUT2D eigenvalue weighted by Crippen LogP contribution is -2.41. The fourth-order valence-electron chi connectivity index (χ4n) is 4.34. The first-order valence-corrected chi connectivity index (χ1v) is 10.8. The third-order valence-corrected chi connectivity index (χ3v) is 6.03. The first kappa shape index (κ1) is 19.5. The quantitative estimate of drug-likeness (QED) is 0.772. The average Bonchev–Trinajstić information content (AvgIpc) is 3.23. The molecular weight excluding hydrogens is 372 g/mol. The molecule has 7 heteroatoms. The van der Waals surface area contributed by atoms with E-state index in [1.54, 1.807) is 0 Å². The van der Waals surface area contributed by atoms with Gasteiger partial charge in [-0.25, -0.2) is 0 Å². The molecule has 28 heavy (non-hydrogen) atoms. The number of likely N-dealkylation sites (tertiary alicyclic amines) is 1. The number of benzene rings is 1. The molecule has 1 aromatic carbocycles. The Morgan fingerprint density at radius 2 is 2.07 bits per heavy atom. The maximum atomic E-state index is 12.6. The van der Waals surface area contributed by atoms with E-state index in [1.165, 1.54) is 17.1 Å². The van der Waals surface area contributed by atoms with Gasteiger partial charge < -0.3 is 9.64 Å². The zero-order valence-electron chi connectivity index (χ0n) is 16.6. The highest BCUT2D eigenvalue weighted by molar-refractivity contribution is 7.03. The minimum Gasteiger partial charge on any atom is -0.379 e. The normalized spacial score (nSPS) is 23.7. The Morgan fingerprint density at radius 3 is 2.79 bits per heavy atom. The third kappa shape index (κ3) is 4.42. The molecule has 1 aromatic heterocycles. The van der Waals surface area contributed by atoms with Crippen LogP contribution in [0, 0.1) is 11.3 Å². The monoisotopic (exact) mass is 400 g/mol. The van der Waals surface area contributed by atoms with Crippen LogP contribution in [-0.2, 0) is 16.1 Å². The predicted octanol–water partition coefficient (Wildman–Crippen LogP) is 2.91. The van der Waals surface area contributed by atoms with Crippen LogP contribution in [0.15, 0.2) is 29.6 Å². The molecule has 0 unspecified atom stereocenters. The van der Waals surface area contributed by atoms with Gasteiger partial charge in [0.1, 0.15) is 5.69 Å². The highest BCUT2D eigenvalue weighted by Crippen LogP contribution is 2.35. The third-order valence-electron chi connectivity index (χ3n) is 5.53. The lowest BCUT2D eigenvalue weighted by Gasteiger charge is -2.31. The Bertz CT molecular complexity index is 793. The average molecular weight is 401 g/mol.